The van der Waals surface area contributed by atoms with Crippen LogP contribution in [0.1, 0.15) is 64.2 Å². The molecule has 0 bridgehead atoms. The maximum Gasteiger partial charge on any atom is 0.0842 e. The smallest absolute Gasteiger partial charge is 0.0842 e. The molecule has 0 spiro atoms. The Bertz CT molecular complexity index is 110. The Labute approximate surface area is 99.5 Å². The lowest BCUT2D eigenvalue weighted by atomic mass is 10.1. The number of nitrogens with two attached hydrogens (primary N) is 2. The predicted octanol–water partition coefficient (Wildman–Crippen LogP) is 2.67. The first-order valence-corrected chi connectivity index (χ1v) is 6.60. The van der Waals surface area contributed by atoms with Crippen LogP contribution >= 0.6 is 0 Å². The van der Waals surface area contributed by atoms with Crippen LogP contribution in [0.5, 0.6) is 0 Å². The van der Waals surface area contributed by atoms with Crippen LogP contribution in [0.3, 0.4) is 0 Å². The monoisotopic (exact) mass is 232 g/mol. The average Bonchev–Trinajstić information content (AvgIpc) is 2.31. The van der Waals surface area contributed by atoms with Crippen LogP contribution in [0.4, 0.5) is 0 Å². The largest absolute Gasteiger partial charge is 0.330 e. The molecule has 0 radical (unpaired) electrons. The Balaban J connectivity index is 2.83. The topological polar surface area (TPSA) is 70.5 Å². The van der Waals surface area contributed by atoms with E-state index in [2.05, 4.69) is 9.88 Å². The Morgan fingerprint density at radius 3 is 1.50 bits per heavy atom. The second kappa shape index (κ2) is 14.8. The number of hydrogen-bond donors (Lipinski definition) is 2. The fourth-order valence-electron chi connectivity index (χ4n) is 1.77. The maximum atomic E-state index is 5.43. The fourth-order valence-corrected chi connectivity index (χ4v) is 1.77. The van der Waals surface area contributed by atoms with Gasteiger partial charge in [0.2, 0.25) is 0 Å². The van der Waals surface area contributed by atoms with Gasteiger partial charge in [-0.05, 0) is 19.4 Å². The molecule has 0 saturated carbocycles. The van der Waals surface area contributed by atoms with Crippen molar-refractivity contribution < 1.29 is 9.88 Å². The van der Waals surface area contributed by atoms with Gasteiger partial charge in [0.15, 0.2) is 0 Å². The van der Waals surface area contributed by atoms with E-state index in [-0.39, 0.29) is 0 Å². The third-order valence-electron chi connectivity index (χ3n) is 2.75. The zero-order valence-electron chi connectivity index (χ0n) is 10.5. The summed E-state index contributed by atoms with van der Waals surface area (Å²) in [6, 6.07) is 0. The molecule has 0 aromatic carbocycles. The highest BCUT2D eigenvalue weighted by Gasteiger charge is 1.93. The van der Waals surface area contributed by atoms with Crippen LogP contribution in [0.25, 0.3) is 0 Å². The summed E-state index contributed by atoms with van der Waals surface area (Å²) < 4.78 is 0. The van der Waals surface area contributed by atoms with Crippen LogP contribution in [0.15, 0.2) is 0 Å². The quantitative estimate of drug-likeness (QED) is 0.291. The Morgan fingerprint density at radius 1 is 0.625 bits per heavy atom. The maximum absolute atomic E-state index is 5.43. The van der Waals surface area contributed by atoms with Crippen molar-refractivity contribution in [3.8, 4) is 0 Å². The predicted molar refractivity (Wildman–Crippen MR) is 66.4 cm³/mol. The summed E-state index contributed by atoms with van der Waals surface area (Å²) in [5.74, 6) is 4.73. The van der Waals surface area contributed by atoms with Gasteiger partial charge >= 0.3 is 0 Å². The van der Waals surface area contributed by atoms with Crippen LogP contribution in [-0.4, -0.2) is 13.2 Å². The van der Waals surface area contributed by atoms with Crippen molar-refractivity contribution in [3.63, 3.8) is 0 Å². The van der Waals surface area contributed by atoms with Crippen molar-refractivity contribution >= 4 is 0 Å². The molecular formula is C12H28N2O2. The first kappa shape index (κ1) is 15.8. The molecule has 0 amide bonds. The second-order valence-corrected chi connectivity index (χ2v) is 4.24. The highest BCUT2D eigenvalue weighted by atomic mass is 17.3. The lowest BCUT2D eigenvalue weighted by Gasteiger charge is -2.02. The van der Waals surface area contributed by atoms with Gasteiger partial charge < -0.3 is 5.73 Å². The van der Waals surface area contributed by atoms with Gasteiger partial charge in [-0.1, -0.05) is 51.4 Å². The third kappa shape index (κ3) is 13.8. The molecule has 0 fully saturated rings. The summed E-state index contributed by atoms with van der Waals surface area (Å²) in [5, 5.41) is 0. The van der Waals surface area contributed by atoms with Gasteiger partial charge in [0.1, 0.15) is 0 Å². The number of hydrogen-bond acceptors (Lipinski definition) is 4. The molecule has 0 aliphatic rings. The molecule has 4 N–H and O–H groups in total. The molecule has 0 aliphatic heterocycles. The van der Waals surface area contributed by atoms with Crippen LogP contribution in [0.2, 0.25) is 0 Å². The van der Waals surface area contributed by atoms with Gasteiger partial charge in [-0.2, -0.15) is 5.90 Å². The summed E-state index contributed by atoms with van der Waals surface area (Å²) in [6.07, 6.45) is 12.8. The van der Waals surface area contributed by atoms with Crippen LogP contribution < -0.4 is 11.6 Å². The summed E-state index contributed by atoms with van der Waals surface area (Å²) in [6.45, 7) is 1.45. The van der Waals surface area contributed by atoms with Crippen molar-refractivity contribution in [2.45, 2.75) is 64.2 Å². The fraction of sp³-hybridized carbons (Fsp3) is 1.00. The lowest BCUT2D eigenvalue weighted by molar-refractivity contribution is -0.299. The zero-order valence-corrected chi connectivity index (χ0v) is 10.5. The molecule has 0 unspecified atom stereocenters. The molecule has 4 heteroatoms. The van der Waals surface area contributed by atoms with E-state index in [0.29, 0.717) is 6.61 Å². The summed E-state index contributed by atoms with van der Waals surface area (Å²) in [4.78, 5) is 8.61. The summed E-state index contributed by atoms with van der Waals surface area (Å²) in [7, 11) is 0. The standard InChI is InChI=1S/C12H28N2O2/c13-11-9-7-5-3-1-2-4-6-8-10-12-15-16-14/h1-14H2. The highest BCUT2D eigenvalue weighted by Crippen LogP contribution is 2.10. The van der Waals surface area contributed by atoms with Crippen molar-refractivity contribution in [1.29, 1.82) is 0 Å². The lowest BCUT2D eigenvalue weighted by Crippen LogP contribution is -2.01. The third-order valence-corrected chi connectivity index (χ3v) is 2.75. The van der Waals surface area contributed by atoms with E-state index >= 15 is 0 Å². The van der Waals surface area contributed by atoms with E-state index in [1.807, 2.05) is 0 Å². The normalized spacial score (nSPS) is 10.9. The van der Waals surface area contributed by atoms with E-state index in [1.165, 1.54) is 57.8 Å². The molecule has 4 nitrogen and oxygen atoms in total. The first-order valence-electron chi connectivity index (χ1n) is 6.60. The van der Waals surface area contributed by atoms with E-state index in [1.54, 1.807) is 0 Å². The molecule has 0 heterocycles. The van der Waals surface area contributed by atoms with E-state index < -0.39 is 0 Å². The second-order valence-electron chi connectivity index (χ2n) is 4.24. The van der Waals surface area contributed by atoms with Gasteiger partial charge in [0, 0.05) is 0 Å². The van der Waals surface area contributed by atoms with Crippen molar-refractivity contribution in [2.24, 2.45) is 11.6 Å². The molecular weight excluding hydrogens is 204 g/mol. The molecule has 16 heavy (non-hydrogen) atoms. The molecule has 0 aliphatic carbocycles. The molecule has 0 aromatic heterocycles. The van der Waals surface area contributed by atoms with E-state index in [9.17, 15) is 0 Å². The van der Waals surface area contributed by atoms with Crippen molar-refractivity contribution in [2.75, 3.05) is 13.2 Å². The minimum atomic E-state index is 0.607. The minimum Gasteiger partial charge on any atom is -0.330 e. The highest BCUT2D eigenvalue weighted by molar-refractivity contribution is 4.48. The van der Waals surface area contributed by atoms with Crippen LogP contribution in [-0.2, 0) is 9.88 Å². The van der Waals surface area contributed by atoms with Gasteiger partial charge in [-0.15, -0.1) is 4.99 Å². The summed E-state index contributed by atoms with van der Waals surface area (Å²) in [5.41, 5.74) is 5.43. The minimum absolute atomic E-state index is 0.607. The summed E-state index contributed by atoms with van der Waals surface area (Å²) >= 11 is 0. The van der Waals surface area contributed by atoms with E-state index in [0.717, 1.165) is 13.0 Å². The molecule has 0 aromatic rings. The zero-order chi connectivity index (χ0) is 11.9. The molecule has 0 saturated heterocycles. The Morgan fingerprint density at radius 2 is 1.06 bits per heavy atom. The van der Waals surface area contributed by atoms with Crippen LogP contribution in [0, 0.1) is 0 Å². The van der Waals surface area contributed by atoms with E-state index in [4.69, 9.17) is 11.6 Å². The van der Waals surface area contributed by atoms with Crippen molar-refractivity contribution in [1.82, 2.24) is 0 Å². The Kier molecular flexibility index (Phi) is 14.7. The number of rotatable bonds is 13. The molecule has 0 rings (SSSR count). The van der Waals surface area contributed by atoms with Gasteiger partial charge in [0.25, 0.3) is 0 Å². The van der Waals surface area contributed by atoms with Crippen molar-refractivity contribution in [3.05, 3.63) is 0 Å². The average molecular weight is 232 g/mol. The van der Waals surface area contributed by atoms with Gasteiger partial charge in [-0.25, -0.2) is 4.89 Å². The van der Waals surface area contributed by atoms with Gasteiger partial charge in [0.05, 0.1) is 6.61 Å². The number of unbranched alkanes of at least 4 members (excludes halogenated alkanes) is 9. The first-order chi connectivity index (χ1) is 7.91. The SMILES string of the molecule is NCCCCCCCCCCCCOON. The Hall–Kier alpha value is -0.160. The van der Waals surface area contributed by atoms with Gasteiger partial charge in [-0.3, -0.25) is 0 Å². The molecule has 0 atom stereocenters. The molecule has 98 valence electrons.